The summed E-state index contributed by atoms with van der Waals surface area (Å²) in [6.07, 6.45) is 5.92. The minimum Gasteiger partial charge on any atom is -0.368 e. The normalized spacial score (nSPS) is 15.7. The van der Waals surface area contributed by atoms with E-state index in [1.54, 1.807) is 0 Å². The van der Waals surface area contributed by atoms with Gasteiger partial charge in [-0.05, 0) is 35.9 Å². The molecule has 3 nitrogen and oxygen atoms in total. The molecule has 0 saturated carbocycles. The number of anilines is 1. The van der Waals surface area contributed by atoms with Gasteiger partial charge in [0, 0.05) is 30.0 Å². The number of hydrazone groups is 1. The molecule has 0 N–H and O–H groups in total. The number of rotatable bonds is 4. The lowest BCUT2D eigenvalue weighted by Crippen LogP contribution is -2.44. The summed E-state index contributed by atoms with van der Waals surface area (Å²) in [5.41, 5.74) is 2.41. The average Bonchev–Trinajstić information content (AvgIpc) is 2.61. The van der Waals surface area contributed by atoms with Crippen LogP contribution in [0.5, 0.6) is 0 Å². The Kier molecular flexibility index (Phi) is 5.33. The fraction of sp³-hybridized carbons (Fsp3) is 0.211. The Morgan fingerprint density at radius 2 is 1.57 bits per heavy atom. The van der Waals surface area contributed by atoms with Crippen molar-refractivity contribution in [3.8, 4) is 0 Å². The van der Waals surface area contributed by atoms with E-state index in [1.807, 2.05) is 42.6 Å². The summed E-state index contributed by atoms with van der Waals surface area (Å²) in [6, 6.07) is 18.3. The van der Waals surface area contributed by atoms with Gasteiger partial charge >= 0.3 is 0 Å². The molecule has 0 radical (unpaired) electrons. The monoisotopic (exact) mass is 325 g/mol. The highest BCUT2D eigenvalue weighted by Gasteiger charge is 2.15. The van der Waals surface area contributed by atoms with Crippen molar-refractivity contribution >= 4 is 29.6 Å². The van der Waals surface area contributed by atoms with E-state index in [0.29, 0.717) is 0 Å². The largest absolute Gasteiger partial charge is 0.368 e. The molecule has 0 unspecified atom stereocenters. The summed E-state index contributed by atoms with van der Waals surface area (Å²) in [7, 11) is 0. The number of hydrogen-bond donors (Lipinski definition) is 0. The van der Waals surface area contributed by atoms with E-state index in [0.717, 1.165) is 31.2 Å². The molecule has 1 aliphatic rings. The van der Waals surface area contributed by atoms with E-state index in [2.05, 4.69) is 45.4 Å². The van der Waals surface area contributed by atoms with E-state index < -0.39 is 0 Å². The first kappa shape index (κ1) is 15.6. The van der Waals surface area contributed by atoms with Crippen LogP contribution >= 0.6 is 11.6 Å². The predicted octanol–water partition coefficient (Wildman–Crippen LogP) is 4.16. The van der Waals surface area contributed by atoms with Gasteiger partial charge in [-0.2, -0.15) is 5.10 Å². The Morgan fingerprint density at radius 3 is 2.26 bits per heavy atom. The lowest BCUT2D eigenvalue weighted by atomic mass is 10.2. The molecule has 23 heavy (non-hydrogen) atoms. The lowest BCUT2D eigenvalue weighted by Gasteiger charge is -2.34. The topological polar surface area (TPSA) is 18.8 Å². The van der Waals surface area contributed by atoms with Gasteiger partial charge in [-0.15, -0.1) is 0 Å². The Balaban J connectivity index is 1.48. The number of nitrogens with zero attached hydrogens (tertiary/aromatic N) is 3. The van der Waals surface area contributed by atoms with Crippen LogP contribution in [0.25, 0.3) is 6.08 Å². The Bertz CT molecular complexity index is 657. The maximum Gasteiger partial charge on any atom is 0.0536 e. The summed E-state index contributed by atoms with van der Waals surface area (Å²) in [4.78, 5) is 2.36. The molecule has 0 bridgehead atoms. The first-order valence-corrected chi connectivity index (χ1v) is 8.20. The highest BCUT2D eigenvalue weighted by Crippen LogP contribution is 2.19. The van der Waals surface area contributed by atoms with Gasteiger partial charge in [-0.1, -0.05) is 48.0 Å². The third-order valence-electron chi connectivity index (χ3n) is 3.85. The minimum absolute atomic E-state index is 0.780. The molecule has 4 heteroatoms. The van der Waals surface area contributed by atoms with Gasteiger partial charge in [-0.25, -0.2) is 0 Å². The van der Waals surface area contributed by atoms with Crippen LogP contribution < -0.4 is 4.90 Å². The maximum atomic E-state index is 5.94. The molecule has 0 atom stereocenters. The highest BCUT2D eigenvalue weighted by molar-refractivity contribution is 6.30. The number of piperazine rings is 1. The predicted molar refractivity (Wildman–Crippen MR) is 99.2 cm³/mol. The standard InChI is InChI=1S/C19H20ClN3/c20-18-8-10-19(11-9-18)22-13-15-23(16-14-22)21-12-4-7-17-5-2-1-3-6-17/h1-12H,13-16H2/b7-4+,21-12+. The summed E-state index contributed by atoms with van der Waals surface area (Å²) in [5.74, 6) is 0. The van der Waals surface area contributed by atoms with E-state index in [-0.39, 0.29) is 0 Å². The summed E-state index contributed by atoms with van der Waals surface area (Å²) < 4.78 is 0. The number of benzene rings is 2. The van der Waals surface area contributed by atoms with Gasteiger partial charge in [0.15, 0.2) is 0 Å². The SMILES string of the molecule is Clc1ccc(N2CCN(/N=C/C=C/c3ccccc3)CC2)cc1. The van der Waals surface area contributed by atoms with Crippen LogP contribution in [-0.2, 0) is 0 Å². The second kappa shape index (κ2) is 7.84. The summed E-state index contributed by atoms with van der Waals surface area (Å²) >= 11 is 5.94. The molecule has 118 valence electrons. The zero-order valence-electron chi connectivity index (χ0n) is 13.0. The van der Waals surface area contributed by atoms with Crippen molar-refractivity contribution in [2.24, 2.45) is 5.10 Å². The van der Waals surface area contributed by atoms with E-state index in [4.69, 9.17) is 11.6 Å². The minimum atomic E-state index is 0.780. The molecule has 2 aromatic rings. The molecule has 0 aliphatic carbocycles. The number of hydrogen-bond acceptors (Lipinski definition) is 3. The average molecular weight is 326 g/mol. The van der Waals surface area contributed by atoms with Crippen LogP contribution in [0.4, 0.5) is 5.69 Å². The maximum absolute atomic E-state index is 5.94. The van der Waals surface area contributed by atoms with Gasteiger partial charge in [-0.3, -0.25) is 5.01 Å². The van der Waals surface area contributed by atoms with Crippen LogP contribution in [0.1, 0.15) is 5.56 Å². The molecule has 0 amide bonds. The van der Waals surface area contributed by atoms with Gasteiger partial charge in [0.05, 0.1) is 13.1 Å². The molecular formula is C19H20ClN3. The van der Waals surface area contributed by atoms with Crippen molar-refractivity contribution in [1.82, 2.24) is 5.01 Å². The van der Waals surface area contributed by atoms with E-state index in [9.17, 15) is 0 Å². The molecule has 1 fully saturated rings. The fourth-order valence-corrected chi connectivity index (χ4v) is 2.70. The smallest absolute Gasteiger partial charge is 0.0536 e. The Labute approximate surface area is 142 Å². The Morgan fingerprint density at radius 1 is 0.870 bits per heavy atom. The van der Waals surface area contributed by atoms with Gasteiger partial charge in [0.2, 0.25) is 0 Å². The fourth-order valence-electron chi connectivity index (χ4n) is 2.57. The van der Waals surface area contributed by atoms with Gasteiger partial charge in [0.25, 0.3) is 0 Å². The van der Waals surface area contributed by atoms with E-state index in [1.165, 1.54) is 11.3 Å². The molecular weight excluding hydrogens is 306 g/mol. The van der Waals surface area contributed by atoms with Crippen LogP contribution in [0.15, 0.2) is 65.8 Å². The molecule has 1 heterocycles. The quantitative estimate of drug-likeness (QED) is 0.786. The Hall–Kier alpha value is -2.26. The second-order valence-electron chi connectivity index (χ2n) is 5.45. The highest BCUT2D eigenvalue weighted by atomic mass is 35.5. The van der Waals surface area contributed by atoms with Gasteiger partial charge in [0.1, 0.15) is 0 Å². The third-order valence-corrected chi connectivity index (χ3v) is 4.10. The van der Waals surface area contributed by atoms with Crippen molar-refractivity contribution in [3.05, 3.63) is 71.3 Å². The van der Waals surface area contributed by atoms with Crippen molar-refractivity contribution in [2.45, 2.75) is 0 Å². The number of allylic oxidation sites excluding steroid dienone is 1. The first-order chi connectivity index (χ1) is 11.3. The molecule has 0 aromatic heterocycles. The van der Waals surface area contributed by atoms with Crippen LogP contribution in [0.2, 0.25) is 5.02 Å². The molecule has 2 aromatic carbocycles. The lowest BCUT2D eigenvalue weighted by molar-refractivity contribution is 0.272. The van der Waals surface area contributed by atoms with Crippen molar-refractivity contribution in [3.63, 3.8) is 0 Å². The zero-order chi connectivity index (χ0) is 15.9. The number of halogens is 1. The van der Waals surface area contributed by atoms with Crippen molar-refractivity contribution in [2.75, 3.05) is 31.1 Å². The van der Waals surface area contributed by atoms with Gasteiger partial charge < -0.3 is 4.90 Å². The zero-order valence-corrected chi connectivity index (χ0v) is 13.7. The van der Waals surface area contributed by atoms with E-state index >= 15 is 0 Å². The molecule has 1 saturated heterocycles. The summed E-state index contributed by atoms with van der Waals surface area (Å²) in [5, 5.41) is 7.41. The van der Waals surface area contributed by atoms with Crippen molar-refractivity contribution in [1.29, 1.82) is 0 Å². The van der Waals surface area contributed by atoms with Crippen LogP contribution in [0.3, 0.4) is 0 Å². The van der Waals surface area contributed by atoms with Crippen LogP contribution in [-0.4, -0.2) is 37.4 Å². The molecule has 1 aliphatic heterocycles. The first-order valence-electron chi connectivity index (χ1n) is 7.82. The second-order valence-corrected chi connectivity index (χ2v) is 5.89. The van der Waals surface area contributed by atoms with Crippen molar-refractivity contribution < 1.29 is 0 Å². The third kappa shape index (κ3) is 4.60. The summed E-state index contributed by atoms with van der Waals surface area (Å²) in [6.45, 7) is 3.80. The molecule has 0 spiro atoms. The molecule has 3 rings (SSSR count). The van der Waals surface area contributed by atoms with Crippen LogP contribution in [0, 0.1) is 0 Å².